The van der Waals surface area contributed by atoms with Crippen LogP contribution < -0.4 is 10.1 Å². The fourth-order valence-electron chi connectivity index (χ4n) is 1.95. The number of aryl methyl sites for hydroxylation is 1. The van der Waals surface area contributed by atoms with Gasteiger partial charge in [0, 0.05) is 5.02 Å². The number of Topliss-reactive ketones (excluding diaryl/α,β-unsaturated/α-hetero) is 1. The van der Waals surface area contributed by atoms with Crippen LogP contribution in [0.4, 0.5) is 0 Å². The first-order valence-corrected chi connectivity index (χ1v) is 6.35. The lowest BCUT2D eigenvalue weighted by Gasteiger charge is -2.20. The Kier molecular flexibility index (Phi) is 5.17. The van der Waals surface area contributed by atoms with Gasteiger partial charge in [-0.05, 0) is 37.6 Å². The van der Waals surface area contributed by atoms with Crippen LogP contribution in [-0.4, -0.2) is 26.0 Å². The molecule has 0 aliphatic rings. The van der Waals surface area contributed by atoms with Gasteiger partial charge in [-0.1, -0.05) is 25.4 Å². The molecule has 1 aromatic rings. The Morgan fingerprint density at radius 2 is 2.00 bits per heavy atom. The van der Waals surface area contributed by atoms with Crippen LogP contribution in [0.15, 0.2) is 12.1 Å². The first-order valence-electron chi connectivity index (χ1n) is 5.98. The van der Waals surface area contributed by atoms with Crippen molar-refractivity contribution in [2.75, 3.05) is 14.2 Å². The summed E-state index contributed by atoms with van der Waals surface area (Å²) in [5.41, 5.74) is 1.43. The Morgan fingerprint density at radius 3 is 2.44 bits per heavy atom. The largest absolute Gasteiger partial charge is 0.496 e. The molecule has 1 atom stereocenters. The number of carbonyl (C=O) groups excluding carboxylic acids is 1. The van der Waals surface area contributed by atoms with Gasteiger partial charge in [-0.2, -0.15) is 0 Å². The topological polar surface area (TPSA) is 38.3 Å². The fraction of sp³-hybridized carbons (Fsp3) is 0.500. The number of carbonyl (C=O) groups is 1. The standard InChI is InChI=1S/C14H20ClNO2/c1-8(2)13(16-4)14(17)10-7-11(15)9(3)6-12(10)18-5/h6-8,13,16H,1-5H3. The van der Waals surface area contributed by atoms with Crippen molar-refractivity contribution in [3.05, 3.63) is 28.3 Å². The molecule has 0 radical (unpaired) electrons. The Balaban J connectivity index is 3.23. The number of ketones is 1. The summed E-state index contributed by atoms with van der Waals surface area (Å²) in [5, 5.41) is 3.62. The zero-order valence-corrected chi connectivity index (χ0v) is 12.3. The third-order valence-electron chi connectivity index (χ3n) is 3.01. The number of hydrogen-bond acceptors (Lipinski definition) is 3. The van der Waals surface area contributed by atoms with E-state index < -0.39 is 0 Å². The summed E-state index contributed by atoms with van der Waals surface area (Å²) in [6.45, 7) is 5.89. The number of nitrogens with one attached hydrogen (secondary N) is 1. The average Bonchev–Trinajstić information content (AvgIpc) is 2.32. The Morgan fingerprint density at radius 1 is 1.39 bits per heavy atom. The highest BCUT2D eigenvalue weighted by molar-refractivity contribution is 6.31. The van der Waals surface area contributed by atoms with E-state index in [2.05, 4.69) is 5.32 Å². The van der Waals surface area contributed by atoms with E-state index in [0.717, 1.165) is 5.56 Å². The molecule has 0 saturated carbocycles. The summed E-state index contributed by atoms with van der Waals surface area (Å²) in [6.07, 6.45) is 0. The maximum Gasteiger partial charge on any atom is 0.183 e. The van der Waals surface area contributed by atoms with Crippen LogP contribution in [0.3, 0.4) is 0 Å². The van der Waals surface area contributed by atoms with Crippen molar-refractivity contribution in [2.45, 2.75) is 26.8 Å². The zero-order chi connectivity index (χ0) is 13.9. The van der Waals surface area contributed by atoms with Crippen molar-refractivity contribution in [1.82, 2.24) is 5.32 Å². The van der Waals surface area contributed by atoms with Crippen molar-refractivity contribution in [3.63, 3.8) is 0 Å². The van der Waals surface area contributed by atoms with Crippen molar-refractivity contribution < 1.29 is 9.53 Å². The number of benzene rings is 1. The van der Waals surface area contributed by atoms with Crippen LogP contribution in [0.25, 0.3) is 0 Å². The third kappa shape index (κ3) is 3.03. The van der Waals surface area contributed by atoms with Gasteiger partial charge in [0.15, 0.2) is 5.78 Å². The zero-order valence-electron chi connectivity index (χ0n) is 11.5. The Bertz CT molecular complexity index is 444. The smallest absolute Gasteiger partial charge is 0.183 e. The third-order valence-corrected chi connectivity index (χ3v) is 3.41. The lowest BCUT2D eigenvalue weighted by Crippen LogP contribution is -2.38. The molecule has 0 heterocycles. The van der Waals surface area contributed by atoms with Crippen LogP contribution >= 0.6 is 11.6 Å². The summed E-state index contributed by atoms with van der Waals surface area (Å²) < 4.78 is 5.27. The van der Waals surface area contributed by atoms with Crippen LogP contribution in [0, 0.1) is 12.8 Å². The highest BCUT2D eigenvalue weighted by atomic mass is 35.5. The van der Waals surface area contributed by atoms with Gasteiger partial charge < -0.3 is 10.1 Å². The predicted molar refractivity (Wildman–Crippen MR) is 74.8 cm³/mol. The normalized spacial score (nSPS) is 12.6. The van der Waals surface area contributed by atoms with Gasteiger partial charge in [0.25, 0.3) is 0 Å². The van der Waals surface area contributed by atoms with Gasteiger partial charge in [-0.3, -0.25) is 4.79 Å². The lowest BCUT2D eigenvalue weighted by molar-refractivity contribution is 0.0919. The molecule has 4 heteroatoms. The van der Waals surface area contributed by atoms with Crippen LogP contribution in [0.1, 0.15) is 29.8 Å². The van der Waals surface area contributed by atoms with E-state index in [0.29, 0.717) is 16.3 Å². The summed E-state index contributed by atoms with van der Waals surface area (Å²) >= 11 is 6.09. The van der Waals surface area contributed by atoms with Gasteiger partial charge in [-0.25, -0.2) is 0 Å². The maximum absolute atomic E-state index is 12.5. The molecule has 1 unspecified atom stereocenters. The average molecular weight is 270 g/mol. The Hall–Kier alpha value is -1.06. The van der Waals surface area contributed by atoms with E-state index >= 15 is 0 Å². The molecule has 0 saturated heterocycles. The van der Waals surface area contributed by atoms with Crippen LogP contribution in [0.2, 0.25) is 5.02 Å². The highest BCUT2D eigenvalue weighted by Crippen LogP contribution is 2.28. The molecule has 0 aromatic heterocycles. The predicted octanol–water partition coefficient (Wildman–Crippen LogP) is 3.08. The lowest BCUT2D eigenvalue weighted by atomic mass is 9.94. The summed E-state index contributed by atoms with van der Waals surface area (Å²) in [5.74, 6) is 0.779. The van der Waals surface area contributed by atoms with Gasteiger partial charge in [0.1, 0.15) is 5.75 Å². The second-order valence-corrected chi connectivity index (χ2v) is 5.08. The molecule has 1 N–H and O–H groups in total. The molecule has 100 valence electrons. The second kappa shape index (κ2) is 6.21. The van der Waals surface area contributed by atoms with E-state index in [9.17, 15) is 4.79 Å². The summed E-state index contributed by atoms with van der Waals surface area (Å²) in [4.78, 5) is 12.5. The van der Waals surface area contributed by atoms with Crippen molar-refractivity contribution in [3.8, 4) is 5.75 Å². The fourth-order valence-corrected chi connectivity index (χ4v) is 2.11. The molecule has 18 heavy (non-hydrogen) atoms. The van der Waals surface area contributed by atoms with E-state index in [-0.39, 0.29) is 17.7 Å². The molecule has 0 fully saturated rings. The van der Waals surface area contributed by atoms with Crippen LogP contribution in [-0.2, 0) is 0 Å². The number of methoxy groups -OCH3 is 1. The van der Waals surface area contributed by atoms with E-state index in [1.165, 1.54) is 0 Å². The maximum atomic E-state index is 12.5. The second-order valence-electron chi connectivity index (χ2n) is 4.68. The molecule has 0 spiro atoms. The minimum absolute atomic E-state index is 0.00579. The number of halogens is 1. The first kappa shape index (κ1) is 15.0. The molecular formula is C14H20ClNO2. The van der Waals surface area contributed by atoms with Crippen molar-refractivity contribution in [2.24, 2.45) is 5.92 Å². The van der Waals surface area contributed by atoms with Gasteiger partial charge >= 0.3 is 0 Å². The molecule has 3 nitrogen and oxygen atoms in total. The Labute approximate surface area is 113 Å². The molecule has 0 bridgehead atoms. The number of rotatable bonds is 5. The SMILES string of the molecule is CNC(C(=O)c1cc(Cl)c(C)cc1OC)C(C)C. The molecule has 0 aliphatic carbocycles. The molecule has 1 aromatic carbocycles. The number of likely N-dealkylation sites (N-methyl/N-ethyl adjacent to an activating group) is 1. The van der Waals surface area contributed by atoms with Crippen molar-refractivity contribution in [1.29, 1.82) is 0 Å². The quantitative estimate of drug-likeness (QED) is 0.835. The van der Waals surface area contributed by atoms with Gasteiger partial charge in [0.05, 0.1) is 18.7 Å². The summed E-state index contributed by atoms with van der Waals surface area (Å²) in [6, 6.07) is 3.24. The summed E-state index contributed by atoms with van der Waals surface area (Å²) in [7, 11) is 3.34. The monoisotopic (exact) mass is 269 g/mol. The number of hydrogen-bond donors (Lipinski definition) is 1. The minimum atomic E-state index is -0.238. The van der Waals surface area contributed by atoms with E-state index in [1.54, 1.807) is 26.3 Å². The minimum Gasteiger partial charge on any atom is -0.496 e. The van der Waals surface area contributed by atoms with E-state index in [4.69, 9.17) is 16.3 Å². The van der Waals surface area contributed by atoms with Gasteiger partial charge in [-0.15, -0.1) is 0 Å². The molecule has 0 amide bonds. The van der Waals surface area contributed by atoms with Gasteiger partial charge in [0.2, 0.25) is 0 Å². The van der Waals surface area contributed by atoms with E-state index in [1.807, 2.05) is 20.8 Å². The molecule has 1 rings (SSSR count). The molecular weight excluding hydrogens is 250 g/mol. The van der Waals surface area contributed by atoms with Crippen LogP contribution in [0.5, 0.6) is 5.75 Å². The highest BCUT2D eigenvalue weighted by Gasteiger charge is 2.25. The number of ether oxygens (including phenoxy) is 1. The van der Waals surface area contributed by atoms with Crippen molar-refractivity contribution >= 4 is 17.4 Å². The first-order chi connectivity index (χ1) is 8.42. The molecule has 0 aliphatic heterocycles.